The molecule has 1 N–H and O–H groups in total. The first kappa shape index (κ1) is 9.52. The van der Waals surface area contributed by atoms with Crippen molar-refractivity contribution in [1.82, 2.24) is 0 Å². The predicted octanol–water partition coefficient (Wildman–Crippen LogP) is 2.83. The molecule has 0 radical (unpaired) electrons. The molecule has 0 aliphatic carbocycles. The van der Waals surface area contributed by atoms with E-state index in [2.05, 4.69) is 36.1 Å². The van der Waals surface area contributed by atoms with E-state index in [-0.39, 0.29) is 0 Å². The average Bonchev–Trinajstić information content (AvgIpc) is 2.19. The van der Waals surface area contributed by atoms with Crippen LogP contribution in [-0.2, 0) is 6.42 Å². The van der Waals surface area contributed by atoms with Gasteiger partial charge in [0.05, 0.1) is 0 Å². The highest BCUT2D eigenvalue weighted by Crippen LogP contribution is 2.09. The van der Waals surface area contributed by atoms with E-state index in [1.807, 2.05) is 12.1 Å². The van der Waals surface area contributed by atoms with Gasteiger partial charge in [0.1, 0.15) is 0 Å². The second-order valence-electron chi connectivity index (χ2n) is 2.69. The maximum Gasteiger partial charge on any atom is 0.0420 e. The molecule has 0 spiro atoms. The number of anilines is 1. The second kappa shape index (κ2) is 5.14. The van der Waals surface area contributed by atoms with E-state index in [0.29, 0.717) is 0 Å². The van der Waals surface area contributed by atoms with E-state index < -0.39 is 0 Å². The lowest BCUT2D eigenvalue weighted by Crippen LogP contribution is -1.87. The number of aliphatic imine (C=N–C) groups is 1. The molecule has 0 heterocycles. The predicted molar refractivity (Wildman–Crippen MR) is 58.1 cm³/mol. The summed E-state index contributed by atoms with van der Waals surface area (Å²) in [5.74, 6) is 0. The molecule has 0 saturated heterocycles. The maximum absolute atomic E-state index is 3.59. The summed E-state index contributed by atoms with van der Waals surface area (Å²) < 4.78 is 0. The quantitative estimate of drug-likeness (QED) is 0.697. The molecule has 0 saturated carbocycles. The molecule has 0 unspecified atom stereocenters. The molecule has 1 aromatic rings. The molecule has 0 fully saturated rings. The number of benzene rings is 1. The number of hydrogen-bond acceptors (Lipinski definition) is 2. The Morgan fingerprint density at radius 3 is 2.62 bits per heavy atom. The molecule has 1 rings (SSSR count). The van der Waals surface area contributed by atoms with Gasteiger partial charge in [-0.1, -0.05) is 19.1 Å². The molecule has 0 bridgehead atoms. The van der Waals surface area contributed by atoms with Gasteiger partial charge in [-0.2, -0.15) is 0 Å². The van der Waals surface area contributed by atoms with Gasteiger partial charge in [0, 0.05) is 18.1 Å². The highest BCUT2D eigenvalue weighted by Gasteiger charge is 1.88. The van der Waals surface area contributed by atoms with Gasteiger partial charge in [-0.05, 0) is 30.8 Å². The van der Waals surface area contributed by atoms with E-state index in [1.54, 1.807) is 12.4 Å². The Labute approximate surface area is 79.0 Å². The molecule has 0 amide bonds. The third-order valence-electron chi connectivity index (χ3n) is 1.79. The van der Waals surface area contributed by atoms with Crippen LogP contribution < -0.4 is 5.32 Å². The van der Waals surface area contributed by atoms with Crippen molar-refractivity contribution < 1.29 is 0 Å². The summed E-state index contributed by atoms with van der Waals surface area (Å²) in [5.41, 5.74) is 2.41. The van der Waals surface area contributed by atoms with Crippen LogP contribution in [0.1, 0.15) is 12.5 Å². The molecular formula is C11H14N2. The minimum Gasteiger partial charge on any atom is -0.360 e. The van der Waals surface area contributed by atoms with E-state index in [1.165, 1.54) is 5.56 Å². The Kier molecular flexibility index (Phi) is 3.76. The van der Waals surface area contributed by atoms with Crippen LogP contribution in [0.4, 0.5) is 5.69 Å². The molecule has 0 aliphatic heterocycles. The molecule has 2 nitrogen and oxygen atoms in total. The number of rotatable bonds is 4. The van der Waals surface area contributed by atoms with Gasteiger partial charge in [0.2, 0.25) is 0 Å². The smallest absolute Gasteiger partial charge is 0.0420 e. The average molecular weight is 174 g/mol. The van der Waals surface area contributed by atoms with Crippen molar-refractivity contribution in [3.8, 4) is 0 Å². The van der Waals surface area contributed by atoms with Crippen molar-refractivity contribution >= 4 is 12.4 Å². The van der Waals surface area contributed by atoms with Crippen LogP contribution in [0.5, 0.6) is 0 Å². The zero-order valence-corrected chi connectivity index (χ0v) is 7.83. The van der Waals surface area contributed by atoms with Gasteiger partial charge in [0.15, 0.2) is 0 Å². The summed E-state index contributed by atoms with van der Waals surface area (Å²) in [4.78, 5) is 3.59. The summed E-state index contributed by atoms with van der Waals surface area (Å²) in [7, 11) is 0. The fraction of sp³-hybridized carbons (Fsp3) is 0.182. The minimum absolute atomic E-state index is 1.07. The molecular weight excluding hydrogens is 160 g/mol. The van der Waals surface area contributed by atoms with Gasteiger partial charge in [0.25, 0.3) is 0 Å². The van der Waals surface area contributed by atoms with Crippen molar-refractivity contribution in [3.05, 3.63) is 42.2 Å². The van der Waals surface area contributed by atoms with Crippen molar-refractivity contribution in [2.45, 2.75) is 13.3 Å². The third kappa shape index (κ3) is 3.11. The van der Waals surface area contributed by atoms with Gasteiger partial charge in [-0.3, -0.25) is 4.99 Å². The van der Waals surface area contributed by atoms with Crippen LogP contribution in [-0.4, -0.2) is 6.72 Å². The monoisotopic (exact) mass is 174 g/mol. The number of hydrogen-bond donors (Lipinski definition) is 1. The van der Waals surface area contributed by atoms with Crippen molar-refractivity contribution in [3.63, 3.8) is 0 Å². The summed E-state index contributed by atoms with van der Waals surface area (Å²) in [5, 5.41) is 3.08. The van der Waals surface area contributed by atoms with Crippen LogP contribution in [0, 0.1) is 0 Å². The molecule has 0 aromatic heterocycles. The van der Waals surface area contributed by atoms with Crippen molar-refractivity contribution in [2.24, 2.45) is 4.99 Å². The first-order valence-electron chi connectivity index (χ1n) is 4.33. The Bertz CT molecular complexity index is 285. The Hall–Kier alpha value is -1.57. The zero-order valence-electron chi connectivity index (χ0n) is 7.83. The second-order valence-corrected chi connectivity index (χ2v) is 2.69. The maximum atomic E-state index is 3.59. The molecule has 68 valence electrons. The van der Waals surface area contributed by atoms with Crippen molar-refractivity contribution in [2.75, 3.05) is 5.32 Å². The SMILES string of the molecule is C=N/C=C\Nc1ccc(CC)cc1. The topological polar surface area (TPSA) is 24.4 Å². The van der Waals surface area contributed by atoms with Crippen LogP contribution in [0.25, 0.3) is 0 Å². The number of aryl methyl sites for hydroxylation is 1. The lowest BCUT2D eigenvalue weighted by atomic mass is 10.1. The highest BCUT2D eigenvalue weighted by atomic mass is 14.8. The van der Waals surface area contributed by atoms with E-state index in [9.17, 15) is 0 Å². The number of nitrogens with one attached hydrogen (secondary N) is 1. The van der Waals surface area contributed by atoms with Crippen LogP contribution in [0.3, 0.4) is 0 Å². The largest absolute Gasteiger partial charge is 0.360 e. The summed E-state index contributed by atoms with van der Waals surface area (Å²) in [6, 6.07) is 8.31. The first-order valence-corrected chi connectivity index (χ1v) is 4.33. The summed E-state index contributed by atoms with van der Waals surface area (Å²) in [6.07, 6.45) is 4.45. The van der Waals surface area contributed by atoms with Gasteiger partial charge in [-0.15, -0.1) is 0 Å². The Morgan fingerprint density at radius 2 is 2.08 bits per heavy atom. The summed E-state index contributed by atoms with van der Waals surface area (Å²) in [6.45, 7) is 5.49. The van der Waals surface area contributed by atoms with Gasteiger partial charge in [-0.25, -0.2) is 0 Å². The lowest BCUT2D eigenvalue weighted by molar-refractivity contribution is 1.14. The van der Waals surface area contributed by atoms with Crippen molar-refractivity contribution in [1.29, 1.82) is 0 Å². The summed E-state index contributed by atoms with van der Waals surface area (Å²) >= 11 is 0. The number of nitrogens with zero attached hydrogens (tertiary/aromatic N) is 1. The van der Waals surface area contributed by atoms with E-state index in [0.717, 1.165) is 12.1 Å². The molecule has 0 atom stereocenters. The zero-order chi connectivity index (χ0) is 9.52. The minimum atomic E-state index is 1.07. The van der Waals surface area contributed by atoms with Crippen LogP contribution in [0.2, 0.25) is 0 Å². The molecule has 13 heavy (non-hydrogen) atoms. The van der Waals surface area contributed by atoms with Crippen LogP contribution in [0.15, 0.2) is 41.7 Å². The van der Waals surface area contributed by atoms with Gasteiger partial charge >= 0.3 is 0 Å². The van der Waals surface area contributed by atoms with E-state index in [4.69, 9.17) is 0 Å². The lowest BCUT2D eigenvalue weighted by Gasteiger charge is -2.00. The highest BCUT2D eigenvalue weighted by molar-refractivity contribution is 5.46. The van der Waals surface area contributed by atoms with Gasteiger partial charge < -0.3 is 5.32 Å². The Morgan fingerprint density at radius 1 is 1.38 bits per heavy atom. The first-order chi connectivity index (χ1) is 6.36. The fourth-order valence-electron chi connectivity index (χ4n) is 1.02. The normalized spacial score (nSPS) is 10.2. The van der Waals surface area contributed by atoms with E-state index >= 15 is 0 Å². The third-order valence-corrected chi connectivity index (χ3v) is 1.79. The molecule has 2 heteroatoms. The van der Waals surface area contributed by atoms with Crippen LogP contribution >= 0.6 is 0 Å². The fourth-order valence-corrected chi connectivity index (χ4v) is 1.02. The Balaban J connectivity index is 2.58. The molecule has 1 aromatic carbocycles. The standard InChI is InChI=1S/C11H14N2/c1-3-10-4-6-11(7-5-10)13-9-8-12-2/h4-9,13H,2-3H2,1H3/b9-8-. The molecule has 0 aliphatic rings.